The standard InChI is InChI=1S/C14H19N3/c1-9-5-6-12(10(2)7-9)14(15)13-8-16-17(4)11(13)3/h5-8,14H,15H2,1-4H3. The summed E-state index contributed by atoms with van der Waals surface area (Å²) in [6.45, 7) is 6.25. The van der Waals surface area contributed by atoms with E-state index in [4.69, 9.17) is 5.73 Å². The van der Waals surface area contributed by atoms with Crippen LogP contribution in [0.25, 0.3) is 0 Å². The van der Waals surface area contributed by atoms with Crippen LogP contribution in [0.3, 0.4) is 0 Å². The first kappa shape index (κ1) is 11.9. The second-order valence-corrected chi connectivity index (χ2v) is 4.65. The van der Waals surface area contributed by atoms with Crippen molar-refractivity contribution in [3.8, 4) is 0 Å². The van der Waals surface area contributed by atoms with Crippen molar-refractivity contribution in [2.75, 3.05) is 0 Å². The summed E-state index contributed by atoms with van der Waals surface area (Å²) in [4.78, 5) is 0. The van der Waals surface area contributed by atoms with Crippen LogP contribution in [0, 0.1) is 20.8 Å². The number of aryl methyl sites for hydroxylation is 3. The van der Waals surface area contributed by atoms with Crippen LogP contribution in [-0.4, -0.2) is 9.78 Å². The quantitative estimate of drug-likeness (QED) is 0.859. The maximum atomic E-state index is 6.33. The van der Waals surface area contributed by atoms with E-state index in [0.717, 1.165) is 11.3 Å². The van der Waals surface area contributed by atoms with E-state index in [1.165, 1.54) is 16.7 Å². The summed E-state index contributed by atoms with van der Waals surface area (Å²) in [5.74, 6) is 0. The lowest BCUT2D eigenvalue weighted by Gasteiger charge is -2.15. The molecule has 2 aromatic rings. The zero-order chi connectivity index (χ0) is 12.6. The summed E-state index contributed by atoms with van der Waals surface area (Å²) in [6, 6.07) is 6.29. The zero-order valence-corrected chi connectivity index (χ0v) is 10.9. The molecule has 1 heterocycles. The molecule has 1 unspecified atom stereocenters. The van der Waals surface area contributed by atoms with Crippen molar-refractivity contribution in [1.82, 2.24) is 9.78 Å². The summed E-state index contributed by atoms with van der Waals surface area (Å²) in [5.41, 5.74) is 12.2. The van der Waals surface area contributed by atoms with Crippen molar-refractivity contribution in [2.45, 2.75) is 26.8 Å². The second-order valence-electron chi connectivity index (χ2n) is 4.65. The Morgan fingerprint density at radius 2 is 1.88 bits per heavy atom. The minimum Gasteiger partial charge on any atom is -0.320 e. The van der Waals surface area contributed by atoms with Crippen molar-refractivity contribution < 1.29 is 0 Å². The average Bonchev–Trinajstić information content (AvgIpc) is 2.59. The van der Waals surface area contributed by atoms with E-state index in [1.54, 1.807) is 0 Å². The fourth-order valence-corrected chi connectivity index (χ4v) is 2.16. The molecular formula is C14H19N3. The molecule has 1 atom stereocenters. The molecule has 1 aromatic heterocycles. The molecule has 2 N–H and O–H groups in total. The van der Waals surface area contributed by atoms with Gasteiger partial charge in [0.05, 0.1) is 12.2 Å². The smallest absolute Gasteiger partial charge is 0.0588 e. The highest BCUT2D eigenvalue weighted by Gasteiger charge is 2.16. The molecule has 0 spiro atoms. The molecule has 0 aliphatic carbocycles. The SMILES string of the molecule is Cc1ccc(C(N)c2cnn(C)c2C)c(C)c1. The van der Waals surface area contributed by atoms with Gasteiger partial charge in [-0.1, -0.05) is 23.8 Å². The van der Waals surface area contributed by atoms with E-state index < -0.39 is 0 Å². The van der Waals surface area contributed by atoms with Crippen LogP contribution >= 0.6 is 0 Å². The van der Waals surface area contributed by atoms with Crippen molar-refractivity contribution >= 4 is 0 Å². The predicted octanol–water partition coefficient (Wildman–Crippen LogP) is 2.39. The Balaban J connectivity index is 2.43. The largest absolute Gasteiger partial charge is 0.320 e. The van der Waals surface area contributed by atoms with Crippen molar-refractivity contribution in [3.05, 3.63) is 52.3 Å². The van der Waals surface area contributed by atoms with E-state index in [-0.39, 0.29) is 6.04 Å². The van der Waals surface area contributed by atoms with Crippen LogP contribution in [0.15, 0.2) is 24.4 Å². The molecule has 2 rings (SSSR count). The van der Waals surface area contributed by atoms with Crippen LogP contribution in [0.1, 0.15) is 34.0 Å². The molecular weight excluding hydrogens is 210 g/mol. The molecule has 3 nitrogen and oxygen atoms in total. The fourth-order valence-electron chi connectivity index (χ4n) is 2.16. The van der Waals surface area contributed by atoms with Crippen LogP contribution in [0.2, 0.25) is 0 Å². The van der Waals surface area contributed by atoms with E-state index in [0.29, 0.717) is 0 Å². The maximum Gasteiger partial charge on any atom is 0.0588 e. The molecule has 0 aliphatic heterocycles. The summed E-state index contributed by atoms with van der Waals surface area (Å²) >= 11 is 0. The summed E-state index contributed by atoms with van der Waals surface area (Å²) < 4.78 is 1.86. The van der Waals surface area contributed by atoms with Crippen molar-refractivity contribution in [2.24, 2.45) is 12.8 Å². The van der Waals surface area contributed by atoms with Crippen molar-refractivity contribution in [1.29, 1.82) is 0 Å². The van der Waals surface area contributed by atoms with Gasteiger partial charge in [0, 0.05) is 18.3 Å². The van der Waals surface area contributed by atoms with Gasteiger partial charge < -0.3 is 5.73 Å². The molecule has 0 fully saturated rings. The molecule has 0 saturated carbocycles. The molecule has 0 bridgehead atoms. The first-order chi connectivity index (χ1) is 8.00. The number of rotatable bonds is 2. The van der Waals surface area contributed by atoms with Gasteiger partial charge in [0.2, 0.25) is 0 Å². The lowest BCUT2D eigenvalue weighted by atomic mass is 9.95. The summed E-state index contributed by atoms with van der Waals surface area (Å²) in [6.07, 6.45) is 1.86. The highest BCUT2D eigenvalue weighted by molar-refractivity contribution is 5.39. The lowest BCUT2D eigenvalue weighted by molar-refractivity contribution is 0.733. The molecule has 0 saturated heterocycles. The number of nitrogens with two attached hydrogens (primary N) is 1. The highest BCUT2D eigenvalue weighted by atomic mass is 15.3. The number of hydrogen-bond donors (Lipinski definition) is 1. The maximum absolute atomic E-state index is 6.33. The Hall–Kier alpha value is -1.61. The van der Waals surface area contributed by atoms with Gasteiger partial charge in [0.25, 0.3) is 0 Å². The van der Waals surface area contributed by atoms with Gasteiger partial charge in [-0.3, -0.25) is 4.68 Å². The molecule has 0 aliphatic rings. The molecule has 0 amide bonds. The van der Waals surface area contributed by atoms with Gasteiger partial charge in [-0.15, -0.1) is 0 Å². The third-order valence-corrected chi connectivity index (χ3v) is 3.37. The van der Waals surface area contributed by atoms with Crippen LogP contribution in [0.4, 0.5) is 0 Å². The number of benzene rings is 1. The van der Waals surface area contributed by atoms with Gasteiger partial charge in [-0.05, 0) is 31.9 Å². The Bertz CT molecular complexity index is 540. The molecule has 90 valence electrons. The van der Waals surface area contributed by atoms with Crippen LogP contribution < -0.4 is 5.73 Å². The minimum atomic E-state index is -0.0932. The molecule has 1 aromatic carbocycles. The van der Waals surface area contributed by atoms with Gasteiger partial charge in [0.15, 0.2) is 0 Å². The normalized spacial score (nSPS) is 12.8. The van der Waals surface area contributed by atoms with E-state index in [2.05, 4.69) is 37.1 Å². The molecule has 0 radical (unpaired) electrons. The third-order valence-electron chi connectivity index (χ3n) is 3.37. The topological polar surface area (TPSA) is 43.8 Å². The van der Waals surface area contributed by atoms with Crippen LogP contribution in [-0.2, 0) is 7.05 Å². The fraction of sp³-hybridized carbons (Fsp3) is 0.357. The van der Waals surface area contributed by atoms with E-state index >= 15 is 0 Å². The minimum absolute atomic E-state index is 0.0932. The number of nitrogens with zero attached hydrogens (tertiary/aromatic N) is 2. The molecule has 3 heteroatoms. The van der Waals surface area contributed by atoms with Gasteiger partial charge in [-0.2, -0.15) is 5.10 Å². The van der Waals surface area contributed by atoms with Crippen LogP contribution in [0.5, 0.6) is 0 Å². The van der Waals surface area contributed by atoms with Gasteiger partial charge in [0.1, 0.15) is 0 Å². The lowest BCUT2D eigenvalue weighted by Crippen LogP contribution is -2.14. The Labute approximate surface area is 102 Å². The van der Waals surface area contributed by atoms with Crippen molar-refractivity contribution in [3.63, 3.8) is 0 Å². The Morgan fingerprint density at radius 3 is 2.41 bits per heavy atom. The van der Waals surface area contributed by atoms with E-state index in [9.17, 15) is 0 Å². The van der Waals surface area contributed by atoms with Gasteiger partial charge in [-0.25, -0.2) is 0 Å². The molecule has 17 heavy (non-hydrogen) atoms. The number of aromatic nitrogens is 2. The Morgan fingerprint density at radius 1 is 1.18 bits per heavy atom. The van der Waals surface area contributed by atoms with Gasteiger partial charge >= 0.3 is 0 Å². The Kier molecular flexibility index (Phi) is 3.03. The first-order valence-electron chi connectivity index (χ1n) is 5.82. The monoisotopic (exact) mass is 229 g/mol. The highest BCUT2D eigenvalue weighted by Crippen LogP contribution is 2.25. The predicted molar refractivity (Wildman–Crippen MR) is 69.9 cm³/mol. The summed E-state index contributed by atoms with van der Waals surface area (Å²) in [7, 11) is 1.94. The third kappa shape index (κ3) is 2.11. The van der Waals surface area contributed by atoms with E-state index in [1.807, 2.05) is 24.9 Å². The summed E-state index contributed by atoms with van der Waals surface area (Å²) in [5, 5.41) is 4.25. The second kappa shape index (κ2) is 4.34. The number of hydrogen-bond acceptors (Lipinski definition) is 2. The average molecular weight is 229 g/mol. The zero-order valence-electron chi connectivity index (χ0n) is 10.9. The first-order valence-corrected chi connectivity index (χ1v) is 5.82.